The number of anilines is 3. The van der Waals surface area contributed by atoms with E-state index in [0.717, 1.165) is 61.3 Å². The van der Waals surface area contributed by atoms with Gasteiger partial charge in [0.1, 0.15) is 11.2 Å². The molecule has 1 aliphatic rings. The van der Waals surface area contributed by atoms with Gasteiger partial charge in [0, 0.05) is 43.9 Å². The van der Waals surface area contributed by atoms with Crippen LogP contribution < -0.4 is 4.90 Å². The van der Waals surface area contributed by atoms with Crippen molar-refractivity contribution >= 4 is 60.8 Å². The minimum atomic E-state index is -0.114. The summed E-state index contributed by atoms with van der Waals surface area (Å²) in [4.78, 5) is 2.49. The Bertz CT molecular complexity index is 3480. The molecule has 0 N–H and O–H groups in total. The molecule has 284 valence electrons. The van der Waals surface area contributed by atoms with Crippen molar-refractivity contribution in [3.8, 4) is 39.1 Å². The first-order valence-corrected chi connectivity index (χ1v) is 20.8. The Morgan fingerprint density at radius 2 is 1.07 bits per heavy atom. The molecule has 11 aromatic rings. The summed E-state index contributed by atoms with van der Waals surface area (Å²) >= 11 is 0. The fourth-order valence-electron chi connectivity index (χ4n) is 10.1. The zero-order chi connectivity index (χ0) is 40.0. The molecule has 2 aromatic heterocycles. The van der Waals surface area contributed by atoms with Gasteiger partial charge in [-0.25, -0.2) is 0 Å². The van der Waals surface area contributed by atoms with E-state index in [0.29, 0.717) is 0 Å². The monoisotopic (exact) mass is 768 g/mol. The van der Waals surface area contributed by atoms with Crippen molar-refractivity contribution in [3.05, 3.63) is 217 Å². The number of para-hydroxylation sites is 4. The lowest BCUT2D eigenvalue weighted by atomic mass is 9.82. The van der Waals surface area contributed by atoms with Crippen LogP contribution in [-0.2, 0) is 5.41 Å². The maximum absolute atomic E-state index is 6.39. The number of furan rings is 1. The van der Waals surface area contributed by atoms with Gasteiger partial charge in [-0.05, 0) is 106 Å². The Hall–Kier alpha value is -7.62. The molecule has 0 saturated carbocycles. The molecule has 0 bridgehead atoms. The second kappa shape index (κ2) is 13.2. The van der Waals surface area contributed by atoms with E-state index in [-0.39, 0.29) is 5.41 Å². The first-order chi connectivity index (χ1) is 29.5. The molecule has 2 heterocycles. The molecule has 0 amide bonds. The highest BCUT2D eigenvalue weighted by molar-refractivity contribution is 6.17. The highest BCUT2D eigenvalue weighted by Crippen LogP contribution is 2.54. The van der Waals surface area contributed by atoms with Gasteiger partial charge in [-0.2, -0.15) is 0 Å². The quantitative estimate of drug-likeness (QED) is 0.168. The third kappa shape index (κ3) is 5.09. The topological polar surface area (TPSA) is 21.3 Å². The summed E-state index contributed by atoms with van der Waals surface area (Å²) < 4.78 is 8.79. The lowest BCUT2D eigenvalue weighted by Gasteiger charge is -2.30. The zero-order valence-corrected chi connectivity index (χ0v) is 33.4. The Labute approximate surface area is 349 Å². The van der Waals surface area contributed by atoms with Gasteiger partial charge in [0.25, 0.3) is 0 Å². The van der Waals surface area contributed by atoms with Gasteiger partial charge >= 0.3 is 0 Å². The van der Waals surface area contributed by atoms with E-state index in [1.165, 1.54) is 49.7 Å². The maximum atomic E-state index is 6.39. The standard InChI is InChI=1S/C57H40N2O/c1-57(2)47-26-10-6-23-45(47)55-44(25-15-27-48(55)57)41-21-7-11-28-49(41)59(40-20-14-17-37(35-40)38-33-34-43-42-22-9-13-32-53(42)60-54(43)36-38)52-31-16-30-51-56(52)46-24-8-12-29-50(46)58(51)39-18-4-3-5-19-39/h3-36H,1-2H3. The average Bonchev–Trinajstić information content (AvgIpc) is 3.92. The van der Waals surface area contributed by atoms with Crippen molar-refractivity contribution in [2.24, 2.45) is 0 Å². The Morgan fingerprint density at radius 1 is 0.433 bits per heavy atom. The number of nitrogens with zero attached hydrogens (tertiary/aromatic N) is 2. The average molecular weight is 769 g/mol. The summed E-state index contributed by atoms with van der Waals surface area (Å²) in [5.74, 6) is 0. The van der Waals surface area contributed by atoms with Gasteiger partial charge in [0.15, 0.2) is 0 Å². The van der Waals surface area contributed by atoms with Crippen molar-refractivity contribution in [1.29, 1.82) is 0 Å². The van der Waals surface area contributed by atoms with Crippen molar-refractivity contribution in [1.82, 2.24) is 4.57 Å². The van der Waals surface area contributed by atoms with Crippen LogP contribution in [0.5, 0.6) is 0 Å². The van der Waals surface area contributed by atoms with E-state index in [4.69, 9.17) is 4.42 Å². The molecule has 0 atom stereocenters. The normalized spacial score (nSPS) is 13.0. The van der Waals surface area contributed by atoms with E-state index in [1.807, 2.05) is 12.1 Å². The van der Waals surface area contributed by atoms with Gasteiger partial charge in [0.2, 0.25) is 0 Å². The van der Waals surface area contributed by atoms with E-state index < -0.39 is 0 Å². The van der Waals surface area contributed by atoms with Crippen LogP contribution >= 0.6 is 0 Å². The molecular weight excluding hydrogens is 729 g/mol. The third-order valence-corrected chi connectivity index (χ3v) is 12.8. The molecule has 0 saturated heterocycles. The Morgan fingerprint density at radius 3 is 1.97 bits per heavy atom. The molecule has 0 aliphatic heterocycles. The molecule has 60 heavy (non-hydrogen) atoms. The molecule has 3 heteroatoms. The smallest absolute Gasteiger partial charge is 0.136 e. The predicted octanol–water partition coefficient (Wildman–Crippen LogP) is 15.8. The van der Waals surface area contributed by atoms with Crippen LogP contribution in [0.25, 0.3) is 82.8 Å². The van der Waals surface area contributed by atoms with Crippen molar-refractivity contribution in [3.63, 3.8) is 0 Å². The summed E-state index contributed by atoms with van der Waals surface area (Å²) in [5.41, 5.74) is 18.4. The van der Waals surface area contributed by atoms with Crippen LogP contribution in [0.2, 0.25) is 0 Å². The van der Waals surface area contributed by atoms with Crippen LogP contribution in [0.3, 0.4) is 0 Å². The highest BCUT2D eigenvalue weighted by atomic mass is 16.3. The highest BCUT2D eigenvalue weighted by Gasteiger charge is 2.37. The number of benzene rings is 9. The summed E-state index contributed by atoms with van der Waals surface area (Å²) in [5, 5.41) is 4.67. The van der Waals surface area contributed by atoms with Crippen molar-refractivity contribution < 1.29 is 4.42 Å². The predicted molar refractivity (Wildman–Crippen MR) is 251 cm³/mol. The summed E-state index contributed by atoms with van der Waals surface area (Å²) in [7, 11) is 0. The van der Waals surface area contributed by atoms with Crippen LogP contribution in [0.1, 0.15) is 25.0 Å². The molecule has 9 aromatic carbocycles. The van der Waals surface area contributed by atoms with E-state index >= 15 is 0 Å². The molecule has 0 radical (unpaired) electrons. The SMILES string of the molecule is CC1(C)c2ccccc2-c2c(-c3ccccc3N(c3cccc(-c4ccc5c(c4)oc4ccccc45)c3)c3cccc4c3c3ccccc3n4-c3ccccc3)cccc21. The first kappa shape index (κ1) is 34.4. The number of hydrogen-bond acceptors (Lipinski definition) is 2. The number of fused-ring (bicyclic) bond motifs is 9. The Kier molecular flexibility index (Phi) is 7.58. The fraction of sp³-hybridized carbons (Fsp3) is 0.0526. The van der Waals surface area contributed by atoms with Gasteiger partial charge in [0.05, 0.1) is 22.4 Å². The van der Waals surface area contributed by atoms with Gasteiger partial charge < -0.3 is 13.9 Å². The van der Waals surface area contributed by atoms with E-state index in [2.05, 4.69) is 217 Å². The van der Waals surface area contributed by atoms with Crippen molar-refractivity contribution in [2.45, 2.75) is 19.3 Å². The number of aromatic nitrogens is 1. The second-order valence-corrected chi connectivity index (χ2v) is 16.5. The lowest BCUT2D eigenvalue weighted by molar-refractivity contribution is 0.660. The minimum Gasteiger partial charge on any atom is -0.456 e. The second-order valence-electron chi connectivity index (χ2n) is 16.5. The third-order valence-electron chi connectivity index (χ3n) is 12.8. The van der Waals surface area contributed by atoms with Crippen LogP contribution in [-0.4, -0.2) is 4.57 Å². The fourth-order valence-corrected chi connectivity index (χ4v) is 10.1. The van der Waals surface area contributed by atoms with Gasteiger partial charge in [-0.1, -0.05) is 153 Å². The largest absolute Gasteiger partial charge is 0.456 e. The first-order valence-electron chi connectivity index (χ1n) is 20.8. The lowest BCUT2D eigenvalue weighted by Crippen LogP contribution is -2.15. The molecule has 0 spiro atoms. The van der Waals surface area contributed by atoms with Gasteiger partial charge in [-0.15, -0.1) is 0 Å². The molecule has 3 nitrogen and oxygen atoms in total. The summed E-state index contributed by atoms with van der Waals surface area (Å²) in [6, 6.07) is 75.0. The summed E-state index contributed by atoms with van der Waals surface area (Å²) in [6.45, 7) is 4.72. The van der Waals surface area contributed by atoms with Crippen LogP contribution in [0, 0.1) is 0 Å². The van der Waals surface area contributed by atoms with Crippen LogP contribution in [0.15, 0.2) is 211 Å². The minimum absolute atomic E-state index is 0.114. The molecule has 0 fully saturated rings. The van der Waals surface area contributed by atoms with Crippen molar-refractivity contribution in [2.75, 3.05) is 4.90 Å². The summed E-state index contributed by atoms with van der Waals surface area (Å²) in [6.07, 6.45) is 0. The molecule has 1 aliphatic carbocycles. The number of hydrogen-bond donors (Lipinski definition) is 0. The van der Waals surface area contributed by atoms with Crippen LogP contribution in [0.4, 0.5) is 17.1 Å². The van der Waals surface area contributed by atoms with E-state index in [1.54, 1.807) is 0 Å². The maximum Gasteiger partial charge on any atom is 0.136 e. The number of rotatable bonds is 6. The molecular formula is C57H40N2O. The molecule has 12 rings (SSSR count). The molecule has 0 unspecified atom stereocenters. The van der Waals surface area contributed by atoms with Gasteiger partial charge in [-0.3, -0.25) is 0 Å². The zero-order valence-electron chi connectivity index (χ0n) is 33.4. The van der Waals surface area contributed by atoms with E-state index in [9.17, 15) is 0 Å². The Balaban J connectivity index is 1.13.